The molecule has 0 aliphatic carbocycles. The minimum Gasteiger partial charge on any atom is -0.399 e. The molecule has 3 N–H and O–H groups in total. The van der Waals surface area contributed by atoms with Crippen molar-refractivity contribution in [1.29, 1.82) is 0 Å². The Morgan fingerprint density at radius 1 is 1.20 bits per heavy atom. The van der Waals surface area contributed by atoms with Gasteiger partial charge in [-0.2, -0.15) is 0 Å². The number of nitrogens with one attached hydrogen (secondary N) is 1. The Hall–Kier alpha value is -2.20. The van der Waals surface area contributed by atoms with E-state index in [2.05, 4.69) is 5.32 Å². The number of carbonyl (C=O) groups excluding carboxylic acids is 1. The Morgan fingerprint density at radius 2 is 1.90 bits per heavy atom. The van der Waals surface area contributed by atoms with Crippen LogP contribution in [0.5, 0.6) is 0 Å². The third-order valence-electron chi connectivity index (χ3n) is 2.87. The summed E-state index contributed by atoms with van der Waals surface area (Å²) in [5.41, 5.74) is 8.32. The number of nitrogens with two attached hydrogens (primary N) is 1. The van der Waals surface area contributed by atoms with Crippen LogP contribution in [0.3, 0.4) is 0 Å². The van der Waals surface area contributed by atoms with Crippen molar-refractivity contribution in [3.63, 3.8) is 0 Å². The van der Waals surface area contributed by atoms with Gasteiger partial charge in [0.25, 0.3) is 5.91 Å². The molecule has 2 rings (SSSR count). The molecule has 4 nitrogen and oxygen atoms in total. The molecule has 0 saturated carbocycles. The van der Waals surface area contributed by atoms with Gasteiger partial charge in [0.1, 0.15) is 0 Å². The van der Waals surface area contributed by atoms with Crippen LogP contribution in [0.4, 0.5) is 17.1 Å². The molecule has 0 fully saturated rings. The second kappa shape index (κ2) is 5.84. The van der Waals surface area contributed by atoms with Crippen LogP contribution < -0.4 is 16.0 Å². The molecule has 5 heteroatoms. The smallest absolute Gasteiger partial charge is 0.257 e. The van der Waals surface area contributed by atoms with Gasteiger partial charge in [-0.05, 0) is 30.3 Å². The van der Waals surface area contributed by atoms with Crippen LogP contribution in [0.1, 0.15) is 10.4 Å². The molecule has 0 heterocycles. The van der Waals surface area contributed by atoms with Crippen LogP contribution >= 0.6 is 11.6 Å². The van der Waals surface area contributed by atoms with Gasteiger partial charge < -0.3 is 16.0 Å². The maximum Gasteiger partial charge on any atom is 0.257 e. The van der Waals surface area contributed by atoms with E-state index in [9.17, 15) is 4.79 Å². The number of hydrogen-bond donors (Lipinski definition) is 2. The summed E-state index contributed by atoms with van der Waals surface area (Å²) in [7, 11) is 3.80. The van der Waals surface area contributed by atoms with E-state index in [1.807, 2.05) is 25.1 Å². The van der Waals surface area contributed by atoms with Crippen LogP contribution in [0.2, 0.25) is 5.02 Å². The number of nitrogens with zero attached hydrogens (tertiary/aromatic N) is 1. The molecule has 20 heavy (non-hydrogen) atoms. The molecule has 1 amide bonds. The number of hydrogen-bond acceptors (Lipinski definition) is 3. The fourth-order valence-corrected chi connectivity index (χ4v) is 2.10. The lowest BCUT2D eigenvalue weighted by molar-refractivity contribution is 0.102. The standard InChI is InChI=1S/C15H16ClN3O/c1-19(2)14-8-7-10(17)9-13(14)18-15(20)11-5-3-4-6-12(11)16/h3-9H,17H2,1-2H3,(H,18,20). The first-order chi connectivity index (χ1) is 9.49. The van der Waals surface area contributed by atoms with Crippen molar-refractivity contribution in [3.8, 4) is 0 Å². The third-order valence-corrected chi connectivity index (χ3v) is 3.20. The van der Waals surface area contributed by atoms with Crippen molar-refractivity contribution in [3.05, 3.63) is 53.1 Å². The van der Waals surface area contributed by atoms with E-state index in [4.69, 9.17) is 17.3 Å². The predicted octanol–water partition coefficient (Wildman–Crippen LogP) is 3.24. The quantitative estimate of drug-likeness (QED) is 0.853. The van der Waals surface area contributed by atoms with Gasteiger partial charge in [-0.1, -0.05) is 23.7 Å². The van der Waals surface area contributed by atoms with Crippen LogP contribution in [-0.2, 0) is 0 Å². The zero-order valence-corrected chi connectivity index (χ0v) is 12.1. The fraction of sp³-hybridized carbons (Fsp3) is 0.133. The highest BCUT2D eigenvalue weighted by Crippen LogP contribution is 2.27. The fourth-order valence-electron chi connectivity index (χ4n) is 1.88. The van der Waals surface area contributed by atoms with E-state index in [1.54, 1.807) is 36.4 Å². The van der Waals surface area contributed by atoms with E-state index in [1.165, 1.54) is 0 Å². The van der Waals surface area contributed by atoms with Crippen molar-refractivity contribution in [2.45, 2.75) is 0 Å². The highest BCUT2D eigenvalue weighted by Gasteiger charge is 2.13. The Balaban J connectivity index is 2.33. The lowest BCUT2D eigenvalue weighted by atomic mass is 10.2. The average molecular weight is 290 g/mol. The molecule has 2 aromatic rings. The van der Waals surface area contributed by atoms with Crippen molar-refractivity contribution >= 4 is 34.6 Å². The largest absolute Gasteiger partial charge is 0.399 e. The maximum absolute atomic E-state index is 12.3. The van der Waals surface area contributed by atoms with Gasteiger partial charge in [-0.3, -0.25) is 4.79 Å². The predicted molar refractivity (Wildman–Crippen MR) is 84.6 cm³/mol. The molecule has 0 saturated heterocycles. The number of halogens is 1. The molecular formula is C15H16ClN3O. The first kappa shape index (κ1) is 14.2. The van der Waals surface area contributed by atoms with Gasteiger partial charge in [0, 0.05) is 19.8 Å². The van der Waals surface area contributed by atoms with E-state index >= 15 is 0 Å². The summed E-state index contributed by atoms with van der Waals surface area (Å²) in [4.78, 5) is 14.2. The monoisotopic (exact) mass is 289 g/mol. The Bertz CT molecular complexity index is 641. The molecule has 0 aliphatic heterocycles. The zero-order valence-electron chi connectivity index (χ0n) is 11.4. The Morgan fingerprint density at radius 3 is 2.55 bits per heavy atom. The minimum atomic E-state index is -0.260. The lowest BCUT2D eigenvalue weighted by Gasteiger charge is -2.18. The van der Waals surface area contributed by atoms with Crippen LogP contribution in [0.25, 0.3) is 0 Å². The van der Waals surface area contributed by atoms with Crippen LogP contribution in [0.15, 0.2) is 42.5 Å². The van der Waals surface area contributed by atoms with E-state index in [-0.39, 0.29) is 5.91 Å². The molecule has 104 valence electrons. The molecule has 0 spiro atoms. The second-order valence-electron chi connectivity index (χ2n) is 4.60. The number of nitrogen functional groups attached to an aromatic ring is 1. The lowest BCUT2D eigenvalue weighted by Crippen LogP contribution is -2.17. The summed E-state index contributed by atoms with van der Waals surface area (Å²) in [6, 6.07) is 12.3. The normalized spacial score (nSPS) is 10.2. The highest BCUT2D eigenvalue weighted by molar-refractivity contribution is 6.34. The van der Waals surface area contributed by atoms with Gasteiger partial charge in [-0.25, -0.2) is 0 Å². The molecule has 0 aromatic heterocycles. The highest BCUT2D eigenvalue weighted by atomic mass is 35.5. The van der Waals surface area contributed by atoms with E-state index < -0.39 is 0 Å². The minimum absolute atomic E-state index is 0.260. The third kappa shape index (κ3) is 3.03. The summed E-state index contributed by atoms with van der Waals surface area (Å²) >= 11 is 6.02. The van der Waals surface area contributed by atoms with E-state index in [0.717, 1.165) is 5.69 Å². The molecule has 0 atom stereocenters. The number of anilines is 3. The second-order valence-corrected chi connectivity index (χ2v) is 5.01. The molecule has 0 unspecified atom stereocenters. The maximum atomic E-state index is 12.3. The van der Waals surface area contributed by atoms with Crippen molar-refractivity contribution in [2.24, 2.45) is 0 Å². The topological polar surface area (TPSA) is 58.4 Å². The van der Waals surface area contributed by atoms with Crippen molar-refractivity contribution < 1.29 is 4.79 Å². The molecule has 0 radical (unpaired) electrons. The van der Waals surface area contributed by atoms with Gasteiger partial charge in [0.2, 0.25) is 0 Å². The zero-order chi connectivity index (χ0) is 14.7. The summed E-state index contributed by atoms with van der Waals surface area (Å²) < 4.78 is 0. The first-order valence-corrected chi connectivity index (χ1v) is 6.49. The number of rotatable bonds is 3. The number of benzene rings is 2. The van der Waals surface area contributed by atoms with Crippen molar-refractivity contribution in [1.82, 2.24) is 0 Å². The van der Waals surface area contributed by atoms with Gasteiger partial charge in [0.15, 0.2) is 0 Å². The SMILES string of the molecule is CN(C)c1ccc(N)cc1NC(=O)c1ccccc1Cl. The Labute approximate surface area is 123 Å². The van der Waals surface area contributed by atoms with Gasteiger partial charge in [-0.15, -0.1) is 0 Å². The summed E-state index contributed by atoms with van der Waals surface area (Å²) in [5, 5.41) is 3.26. The van der Waals surface area contributed by atoms with Crippen molar-refractivity contribution in [2.75, 3.05) is 30.0 Å². The van der Waals surface area contributed by atoms with E-state index in [0.29, 0.717) is 22.0 Å². The van der Waals surface area contributed by atoms with Gasteiger partial charge in [0.05, 0.1) is 22.0 Å². The Kier molecular flexibility index (Phi) is 4.15. The van der Waals surface area contributed by atoms with Crippen LogP contribution in [0, 0.1) is 0 Å². The van der Waals surface area contributed by atoms with Crippen LogP contribution in [-0.4, -0.2) is 20.0 Å². The molecule has 0 aliphatic rings. The first-order valence-electron chi connectivity index (χ1n) is 6.12. The number of amides is 1. The summed E-state index contributed by atoms with van der Waals surface area (Å²) in [5.74, 6) is -0.260. The summed E-state index contributed by atoms with van der Waals surface area (Å²) in [6.45, 7) is 0. The average Bonchev–Trinajstić information content (AvgIpc) is 2.38. The molecule has 2 aromatic carbocycles. The number of carbonyl (C=O) groups is 1. The van der Waals surface area contributed by atoms with Gasteiger partial charge >= 0.3 is 0 Å². The molecular weight excluding hydrogens is 274 g/mol. The molecule has 0 bridgehead atoms. The summed E-state index contributed by atoms with van der Waals surface area (Å²) in [6.07, 6.45) is 0.